The summed E-state index contributed by atoms with van der Waals surface area (Å²) in [6, 6.07) is 6.20. The molecule has 0 unspecified atom stereocenters. The molecular formula is C42H54N6O5. The van der Waals surface area contributed by atoms with Crippen molar-refractivity contribution in [3.63, 3.8) is 0 Å². The number of aromatic nitrogens is 4. The van der Waals surface area contributed by atoms with E-state index in [4.69, 9.17) is 25.2 Å². The van der Waals surface area contributed by atoms with E-state index in [-0.39, 0.29) is 30.8 Å². The zero-order valence-electron chi connectivity index (χ0n) is 32.0. The lowest BCUT2D eigenvalue weighted by molar-refractivity contribution is -0.139. The molecule has 0 radical (unpaired) electrons. The van der Waals surface area contributed by atoms with Crippen LogP contribution in [0.15, 0.2) is 24.8 Å². The van der Waals surface area contributed by atoms with Crippen molar-refractivity contribution in [2.24, 2.45) is 5.73 Å². The molecule has 0 spiro atoms. The number of nitrogens with two attached hydrogens (primary N) is 1. The Hall–Kier alpha value is -5.03. The van der Waals surface area contributed by atoms with Crippen LogP contribution in [0.1, 0.15) is 122 Å². The Morgan fingerprint density at radius 3 is 2.40 bits per heavy atom. The number of aromatic amines is 2. The number of fused-ring (bicyclic) bond motifs is 8. The number of esters is 1. The molecule has 2 aliphatic heterocycles. The van der Waals surface area contributed by atoms with Gasteiger partial charge in [-0.15, -0.1) is 0 Å². The molecule has 0 saturated heterocycles. The van der Waals surface area contributed by atoms with Gasteiger partial charge in [0, 0.05) is 57.3 Å². The number of rotatable bonds is 16. The molecule has 0 saturated carbocycles. The van der Waals surface area contributed by atoms with Crippen LogP contribution in [0.25, 0.3) is 39.3 Å². The van der Waals surface area contributed by atoms with E-state index in [9.17, 15) is 14.4 Å². The van der Waals surface area contributed by atoms with Gasteiger partial charge in [0.1, 0.15) is 0 Å². The minimum atomic E-state index is -0.461. The third-order valence-corrected chi connectivity index (χ3v) is 10.8. The Morgan fingerprint density at radius 2 is 1.70 bits per heavy atom. The fraction of sp³-hybridized carbons (Fsp3) is 0.452. The number of allylic oxidation sites excluding steroid dienone is 1. The highest BCUT2D eigenvalue weighted by molar-refractivity contribution is 6.27. The van der Waals surface area contributed by atoms with Crippen LogP contribution in [0, 0.1) is 13.8 Å². The fourth-order valence-corrected chi connectivity index (χ4v) is 7.68. The topological polar surface area (TPSA) is 165 Å². The SMILES string of the molecule is C=Cc1c(C)c2cc3nc(c(CC(=O)OC)c4nc(cc5[nH]c(cc1[nH]2)c(C)c5CC)C(C)=C4C(=O)NCCCCCCN)[C@@H](CCCOC=O)[C@@H]3C. The molecule has 0 fully saturated rings. The van der Waals surface area contributed by atoms with Crippen molar-refractivity contribution in [3.8, 4) is 0 Å². The second-order valence-electron chi connectivity index (χ2n) is 14.0. The second-order valence-corrected chi connectivity index (χ2v) is 14.0. The van der Waals surface area contributed by atoms with E-state index in [1.165, 1.54) is 7.11 Å². The summed E-state index contributed by atoms with van der Waals surface area (Å²) in [4.78, 5) is 56.2. The van der Waals surface area contributed by atoms with Crippen molar-refractivity contribution in [1.29, 1.82) is 0 Å². The summed E-state index contributed by atoms with van der Waals surface area (Å²) < 4.78 is 10.3. The van der Waals surface area contributed by atoms with Gasteiger partial charge in [0.05, 0.1) is 42.8 Å². The van der Waals surface area contributed by atoms with Crippen LogP contribution < -0.4 is 11.1 Å². The van der Waals surface area contributed by atoms with E-state index in [2.05, 4.69) is 61.7 Å². The monoisotopic (exact) mass is 722 g/mol. The molecule has 8 bridgehead atoms. The van der Waals surface area contributed by atoms with Gasteiger partial charge < -0.3 is 30.5 Å². The lowest BCUT2D eigenvalue weighted by atomic mass is 9.84. The Bertz CT molecular complexity index is 2070. The predicted molar refractivity (Wildman–Crippen MR) is 211 cm³/mol. The second kappa shape index (κ2) is 17.7. The van der Waals surface area contributed by atoms with Crippen LogP contribution in [0.2, 0.25) is 0 Å². The van der Waals surface area contributed by atoms with Gasteiger partial charge in [-0.3, -0.25) is 19.4 Å². The number of nitrogens with zero attached hydrogens (tertiary/aromatic N) is 2. The lowest BCUT2D eigenvalue weighted by Crippen LogP contribution is -2.26. The molecule has 11 nitrogen and oxygen atoms in total. The molecular weight excluding hydrogens is 668 g/mol. The van der Waals surface area contributed by atoms with Gasteiger partial charge in [0.25, 0.3) is 12.4 Å². The lowest BCUT2D eigenvalue weighted by Gasteiger charge is -2.19. The molecule has 282 valence electrons. The third kappa shape index (κ3) is 8.30. The van der Waals surface area contributed by atoms with Gasteiger partial charge in [0.15, 0.2) is 0 Å². The Kier molecular flexibility index (Phi) is 13.1. The van der Waals surface area contributed by atoms with E-state index >= 15 is 0 Å². The maximum absolute atomic E-state index is 14.2. The first-order valence-electron chi connectivity index (χ1n) is 18.8. The first-order chi connectivity index (χ1) is 25.6. The largest absolute Gasteiger partial charge is 0.469 e. The maximum Gasteiger partial charge on any atom is 0.310 e. The highest BCUT2D eigenvalue weighted by Crippen LogP contribution is 2.44. The third-order valence-electron chi connectivity index (χ3n) is 10.8. The minimum absolute atomic E-state index is 0.0698. The molecule has 2 aliphatic rings. The zero-order chi connectivity index (χ0) is 38.2. The number of H-pyrrole nitrogens is 2. The normalized spacial score (nSPS) is 15.4. The number of hydrogen-bond donors (Lipinski definition) is 4. The highest BCUT2D eigenvalue weighted by Gasteiger charge is 2.35. The van der Waals surface area contributed by atoms with Gasteiger partial charge in [-0.25, -0.2) is 4.98 Å². The summed E-state index contributed by atoms with van der Waals surface area (Å²) in [5.41, 5.74) is 17.9. The summed E-state index contributed by atoms with van der Waals surface area (Å²) in [5, 5.41) is 3.14. The molecule has 5 heterocycles. The maximum atomic E-state index is 14.2. The van der Waals surface area contributed by atoms with Gasteiger partial charge >= 0.3 is 5.97 Å². The zero-order valence-corrected chi connectivity index (χ0v) is 32.0. The molecule has 11 heteroatoms. The minimum Gasteiger partial charge on any atom is -0.469 e. The Balaban J connectivity index is 1.87. The molecule has 5 N–H and O–H groups in total. The van der Waals surface area contributed by atoms with Gasteiger partial charge in [-0.1, -0.05) is 39.3 Å². The fourth-order valence-electron chi connectivity index (χ4n) is 7.68. The number of nitrogens with one attached hydrogen (secondary N) is 3. The molecule has 5 rings (SSSR count). The number of ether oxygens (including phenoxy) is 2. The summed E-state index contributed by atoms with van der Waals surface area (Å²) in [6.07, 6.45) is 7.48. The number of unbranched alkanes of at least 4 members (excludes halogenated alkanes) is 3. The van der Waals surface area contributed by atoms with Crippen molar-refractivity contribution in [2.45, 2.75) is 97.8 Å². The molecule has 1 amide bonds. The number of methoxy groups -OCH3 is 1. The summed E-state index contributed by atoms with van der Waals surface area (Å²) in [6.45, 7) is 16.3. The van der Waals surface area contributed by atoms with Crippen LogP contribution in [0.5, 0.6) is 0 Å². The summed E-state index contributed by atoms with van der Waals surface area (Å²) in [5.74, 6) is -0.938. The first-order valence-corrected chi connectivity index (χ1v) is 18.8. The van der Waals surface area contributed by atoms with Crippen molar-refractivity contribution in [1.82, 2.24) is 25.3 Å². The Morgan fingerprint density at radius 1 is 0.962 bits per heavy atom. The molecule has 53 heavy (non-hydrogen) atoms. The number of carbonyl (C=O) groups is 3. The van der Waals surface area contributed by atoms with Crippen molar-refractivity contribution >= 4 is 57.6 Å². The molecule has 0 aliphatic carbocycles. The van der Waals surface area contributed by atoms with Crippen LogP contribution in [0.4, 0.5) is 0 Å². The van der Waals surface area contributed by atoms with Crippen LogP contribution in [-0.4, -0.2) is 65.1 Å². The van der Waals surface area contributed by atoms with E-state index in [0.717, 1.165) is 82.1 Å². The number of carbonyl (C=O) groups excluding carboxylic acids is 3. The average molecular weight is 723 g/mol. The molecule has 3 aromatic heterocycles. The van der Waals surface area contributed by atoms with Crippen LogP contribution in [-0.2, 0) is 36.7 Å². The van der Waals surface area contributed by atoms with Crippen molar-refractivity contribution in [3.05, 3.63) is 75.4 Å². The Labute approximate surface area is 311 Å². The summed E-state index contributed by atoms with van der Waals surface area (Å²) in [7, 11) is 1.36. The number of amides is 1. The van der Waals surface area contributed by atoms with Crippen LogP contribution in [0.3, 0.4) is 0 Å². The highest BCUT2D eigenvalue weighted by atomic mass is 16.5. The van der Waals surface area contributed by atoms with Crippen molar-refractivity contribution < 1.29 is 23.9 Å². The summed E-state index contributed by atoms with van der Waals surface area (Å²) >= 11 is 0. The van der Waals surface area contributed by atoms with E-state index < -0.39 is 5.97 Å². The quantitative estimate of drug-likeness (QED) is 0.0682. The van der Waals surface area contributed by atoms with Gasteiger partial charge in [0.2, 0.25) is 0 Å². The molecule has 2 atom stereocenters. The predicted octanol–water partition coefficient (Wildman–Crippen LogP) is 7.26. The van der Waals surface area contributed by atoms with Crippen molar-refractivity contribution in [2.75, 3.05) is 26.8 Å². The average Bonchev–Trinajstić information content (AvgIpc) is 3.83. The van der Waals surface area contributed by atoms with E-state index in [1.54, 1.807) is 0 Å². The molecule has 3 aromatic rings. The van der Waals surface area contributed by atoms with E-state index in [1.807, 2.05) is 19.1 Å². The van der Waals surface area contributed by atoms with Crippen LogP contribution >= 0.6 is 0 Å². The smallest absolute Gasteiger partial charge is 0.310 e. The van der Waals surface area contributed by atoms with E-state index in [0.29, 0.717) is 66.2 Å². The van der Waals surface area contributed by atoms with Gasteiger partial charge in [-0.05, 0) is 99.9 Å². The first kappa shape index (κ1) is 39.2. The van der Waals surface area contributed by atoms with Gasteiger partial charge in [-0.2, -0.15) is 0 Å². The number of aryl methyl sites for hydroxylation is 3. The standard InChI is InChI=1S/C42H54N6O5/c1-8-28-24(3)32-20-34-26(5)30(15-14-18-53-23-49)40(47-34)31(19-38(50)52-7)41-39(42(51)44-17-13-11-10-12-16-43)27(6)35(48-41)22-37-29(9-2)25(4)33(46-37)21-36(28)45-32/h8,20-23,26,30,45-46H,1,9-19,43H2,2-7H3,(H,44,51)/t26-,30-/m0/s1. The number of hydrogen-bond acceptors (Lipinski definition) is 8. The molecule has 0 aromatic carbocycles.